The minimum Gasteiger partial charge on any atom is -0.465 e. The zero-order chi connectivity index (χ0) is 29.6. The second-order valence-electron chi connectivity index (χ2n) is 10.1. The number of nitrogens with one attached hydrogen (secondary N) is 2. The predicted octanol–water partition coefficient (Wildman–Crippen LogP) is 5.61. The Kier molecular flexibility index (Phi) is 8.45. The van der Waals surface area contributed by atoms with Gasteiger partial charge in [-0.15, -0.1) is 0 Å². The SMILES string of the molecule is COC(=O)c1ccc2c(c1)NC(=O)C2=C(Nc1ccc(N(CCN(C)C)C(=O)c2ccccc2)cc1)c1ccccc1. The largest absolute Gasteiger partial charge is 0.465 e. The Morgan fingerprint density at radius 2 is 1.43 bits per heavy atom. The van der Waals surface area contributed by atoms with Gasteiger partial charge in [0, 0.05) is 35.6 Å². The van der Waals surface area contributed by atoms with Crippen molar-refractivity contribution in [3.8, 4) is 0 Å². The van der Waals surface area contributed by atoms with Crippen molar-refractivity contribution in [3.63, 3.8) is 0 Å². The molecule has 2 amide bonds. The molecule has 4 aromatic rings. The van der Waals surface area contributed by atoms with E-state index in [4.69, 9.17) is 4.74 Å². The summed E-state index contributed by atoms with van der Waals surface area (Å²) in [5.41, 5.74) is 5.62. The molecule has 0 spiro atoms. The van der Waals surface area contributed by atoms with Crippen LogP contribution in [0.15, 0.2) is 103 Å². The number of carbonyl (C=O) groups excluding carboxylic acids is 3. The molecule has 0 unspecified atom stereocenters. The lowest BCUT2D eigenvalue weighted by atomic mass is 9.99. The van der Waals surface area contributed by atoms with Crippen LogP contribution in [-0.2, 0) is 9.53 Å². The normalized spacial score (nSPS) is 13.3. The van der Waals surface area contributed by atoms with E-state index in [1.807, 2.05) is 104 Å². The fourth-order valence-electron chi connectivity index (χ4n) is 4.80. The molecule has 8 heteroatoms. The lowest BCUT2D eigenvalue weighted by Crippen LogP contribution is -2.36. The smallest absolute Gasteiger partial charge is 0.337 e. The van der Waals surface area contributed by atoms with Crippen molar-refractivity contribution in [3.05, 3.63) is 125 Å². The van der Waals surface area contributed by atoms with Crippen LogP contribution in [0, 0.1) is 0 Å². The first-order chi connectivity index (χ1) is 20.4. The summed E-state index contributed by atoms with van der Waals surface area (Å²) < 4.78 is 4.84. The van der Waals surface area contributed by atoms with Gasteiger partial charge in [-0.2, -0.15) is 0 Å². The molecule has 42 heavy (non-hydrogen) atoms. The topological polar surface area (TPSA) is 91.0 Å². The van der Waals surface area contributed by atoms with Crippen LogP contribution >= 0.6 is 0 Å². The van der Waals surface area contributed by atoms with Crippen LogP contribution < -0.4 is 15.5 Å². The minimum absolute atomic E-state index is 0.0733. The number of benzene rings is 4. The minimum atomic E-state index is -0.476. The Bertz CT molecular complexity index is 1630. The maximum absolute atomic E-state index is 13.4. The Morgan fingerprint density at radius 1 is 0.786 bits per heavy atom. The molecule has 0 radical (unpaired) electrons. The zero-order valence-electron chi connectivity index (χ0n) is 23.8. The molecule has 1 aliphatic heterocycles. The van der Waals surface area contributed by atoms with Crippen LogP contribution in [0.3, 0.4) is 0 Å². The number of anilines is 3. The van der Waals surface area contributed by atoms with Crippen LogP contribution in [0.1, 0.15) is 31.8 Å². The van der Waals surface area contributed by atoms with E-state index in [2.05, 4.69) is 10.6 Å². The molecule has 0 atom stereocenters. The summed E-state index contributed by atoms with van der Waals surface area (Å²) in [6, 6.07) is 31.4. The van der Waals surface area contributed by atoms with E-state index in [0.717, 1.165) is 16.9 Å². The summed E-state index contributed by atoms with van der Waals surface area (Å²) in [6.07, 6.45) is 0. The predicted molar refractivity (Wildman–Crippen MR) is 166 cm³/mol. The highest BCUT2D eigenvalue weighted by Gasteiger charge is 2.29. The molecule has 0 saturated carbocycles. The summed E-state index contributed by atoms with van der Waals surface area (Å²) in [6.45, 7) is 1.23. The first-order valence-electron chi connectivity index (χ1n) is 13.6. The number of fused-ring (bicyclic) bond motifs is 1. The third-order valence-corrected chi connectivity index (χ3v) is 6.98. The van der Waals surface area contributed by atoms with Gasteiger partial charge in [0.25, 0.3) is 11.8 Å². The second kappa shape index (κ2) is 12.5. The molecule has 4 aromatic carbocycles. The molecule has 5 rings (SSSR count). The van der Waals surface area contributed by atoms with Gasteiger partial charge in [0.05, 0.1) is 29.6 Å². The Morgan fingerprint density at radius 3 is 2.05 bits per heavy atom. The number of methoxy groups -OCH3 is 1. The van der Waals surface area contributed by atoms with E-state index in [1.54, 1.807) is 23.1 Å². The average molecular weight is 561 g/mol. The van der Waals surface area contributed by atoms with Crippen molar-refractivity contribution in [2.75, 3.05) is 49.8 Å². The lowest BCUT2D eigenvalue weighted by molar-refractivity contribution is -0.110. The first-order valence-corrected chi connectivity index (χ1v) is 13.6. The number of likely N-dealkylation sites (N-methyl/N-ethyl adjacent to an activating group) is 1. The van der Waals surface area contributed by atoms with Gasteiger partial charge in [-0.25, -0.2) is 4.79 Å². The third-order valence-electron chi connectivity index (χ3n) is 6.98. The van der Waals surface area contributed by atoms with Gasteiger partial charge in [-0.05, 0) is 68.2 Å². The number of esters is 1. The van der Waals surface area contributed by atoms with Crippen LogP contribution in [0.25, 0.3) is 11.3 Å². The zero-order valence-corrected chi connectivity index (χ0v) is 23.8. The molecular formula is C34H32N4O4. The molecule has 212 valence electrons. The summed E-state index contributed by atoms with van der Waals surface area (Å²) in [5.74, 6) is -0.828. The van der Waals surface area contributed by atoms with Crippen molar-refractivity contribution >= 4 is 46.1 Å². The van der Waals surface area contributed by atoms with Gasteiger partial charge in [0.15, 0.2) is 0 Å². The van der Waals surface area contributed by atoms with Gasteiger partial charge >= 0.3 is 5.97 Å². The standard InChI is InChI=1S/C34H32N4O4/c1-37(2)20-21-38(33(40)24-12-8-5-9-13-24)27-17-15-26(16-18-27)35-31(23-10-6-4-7-11-23)30-28-19-14-25(34(41)42-3)22-29(28)36-32(30)39/h4-19,22,35H,20-21H2,1-3H3,(H,36,39). The first kappa shape index (κ1) is 28.3. The number of carbonyl (C=O) groups is 3. The fraction of sp³-hybridized carbons (Fsp3) is 0.147. The van der Waals surface area contributed by atoms with Gasteiger partial charge in [-0.3, -0.25) is 9.59 Å². The fourth-order valence-corrected chi connectivity index (χ4v) is 4.80. The van der Waals surface area contributed by atoms with Crippen LogP contribution in [0.4, 0.5) is 17.1 Å². The van der Waals surface area contributed by atoms with Crippen LogP contribution in [0.5, 0.6) is 0 Å². The number of ether oxygens (including phenoxy) is 1. The van der Waals surface area contributed by atoms with Gasteiger partial charge in [0.1, 0.15) is 0 Å². The maximum atomic E-state index is 13.4. The highest BCUT2D eigenvalue weighted by atomic mass is 16.5. The number of nitrogens with zero attached hydrogens (tertiary/aromatic N) is 2. The van der Waals surface area contributed by atoms with E-state index in [1.165, 1.54) is 7.11 Å². The molecule has 0 aliphatic carbocycles. The molecular weight excluding hydrogens is 528 g/mol. The van der Waals surface area contributed by atoms with E-state index in [9.17, 15) is 14.4 Å². The van der Waals surface area contributed by atoms with E-state index in [0.29, 0.717) is 46.7 Å². The Hall–Kier alpha value is -5.21. The van der Waals surface area contributed by atoms with Gasteiger partial charge in [-0.1, -0.05) is 54.6 Å². The van der Waals surface area contributed by atoms with E-state index < -0.39 is 5.97 Å². The van der Waals surface area contributed by atoms with Gasteiger partial charge in [0.2, 0.25) is 0 Å². The van der Waals surface area contributed by atoms with Crippen LogP contribution in [-0.4, -0.2) is 57.0 Å². The van der Waals surface area contributed by atoms with Crippen LogP contribution in [0.2, 0.25) is 0 Å². The van der Waals surface area contributed by atoms with Gasteiger partial charge < -0.3 is 25.2 Å². The second-order valence-corrected chi connectivity index (χ2v) is 10.1. The van der Waals surface area contributed by atoms with Crippen molar-refractivity contribution in [2.24, 2.45) is 0 Å². The maximum Gasteiger partial charge on any atom is 0.337 e. The molecule has 0 saturated heterocycles. The Labute approximate surface area is 245 Å². The van der Waals surface area contributed by atoms with Crippen molar-refractivity contribution < 1.29 is 19.1 Å². The molecule has 0 fully saturated rings. The van der Waals surface area contributed by atoms with Crippen molar-refractivity contribution in [2.45, 2.75) is 0 Å². The molecule has 2 N–H and O–H groups in total. The summed E-state index contributed by atoms with van der Waals surface area (Å²) in [5, 5.41) is 6.34. The van der Waals surface area contributed by atoms with E-state index in [-0.39, 0.29) is 11.8 Å². The molecule has 0 aromatic heterocycles. The number of rotatable bonds is 9. The average Bonchev–Trinajstić information content (AvgIpc) is 3.35. The molecule has 0 bridgehead atoms. The van der Waals surface area contributed by atoms with Crippen molar-refractivity contribution in [1.82, 2.24) is 4.90 Å². The third kappa shape index (κ3) is 6.09. The lowest BCUT2D eigenvalue weighted by Gasteiger charge is -2.25. The number of hydrogen-bond donors (Lipinski definition) is 2. The van der Waals surface area contributed by atoms with E-state index >= 15 is 0 Å². The number of amides is 2. The molecule has 1 heterocycles. The highest BCUT2D eigenvalue weighted by Crippen LogP contribution is 2.38. The highest BCUT2D eigenvalue weighted by molar-refractivity contribution is 6.37. The quantitative estimate of drug-likeness (QED) is 0.204. The Balaban J connectivity index is 1.50. The van der Waals surface area contributed by atoms with Crippen molar-refractivity contribution in [1.29, 1.82) is 0 Å². The summed E-state index contributed by atoms with van der Waals surface area (Å²) >= 11 is 0. The summed E-state index contributed by atoms with van der Waals surface area (Å²) in [4.78, 5) is 42.6. The monoisotopic (exact) mass is 560 g/mol. The number of hydrogen-bond acceptors (Lipinski definition) is 6. The molecule has 1 aliphatic rings. The molecule has 8 nitrogen and oxygen atoms in total. The summed E-state index contributed by atoms with van der Waals surface area (Å²) in [7, 11) is 5.27.